The number of aromatic nitrogens is 1. The number of ether oxygens (including phenoxy) is 1. The second-order valence-corrected chi connectivity index (χ2v) is 9.94. The van der Waals surface area contributed by atoms with E-state index in [4.69, 9.17) is 4.74 Å². The summed E-state index contributed by atoms with van der Waals surface area (Å²) < 4.78 is 45.9. The third-order valence-electron chi connectivity index (χ3n) is 5.10. The van der Waals surface area contributed by atoms with Gasteiger partial charge in [-0.05, 0) is 55.3 Å². The first-order chi connectivity index (χ1) is 14.4. The Hall–Kier alpha value is -2.56. The summed E-state index contributed by atoms with van der Waals surface area (Å²) >= 11 is 1.36. The Morgan fingerprint density at radius 1 is 1.20 bits per heavy atom. The van der Waals surface area contributed by atoms with Crippen LogP contribution in [0.4, 0.5) is 9.52 Å². The van der Waals surface area contributed by atoms with Gasteiger partial charge in [0.2, 0.25) is 15.9 Å². The molecule has 1 fully saturated rings. The van der Waals surface area contributed by atoms with E-state index in [9.17, 15) is 17.6 Å². The lowest BCUT2D eigenvalue weighted by atomic mass is 9.97. The average molecular weight is 450 g/mol. The lowest BCUT2D eigenvalue weighted by Gasteiger charge is -2.30. The van der Waals surface area contributed by atoms with Gasteiger partial charge in [-0.15, -0.1) is 0 Å². The van der Waals surface area contributed by atoms with E-state index in [2.05, 4.69) is 10.3 Å². The summed E-state index contributed by atoms with van der Waals surface area (Å²) in [5, 5.41) is 3.35. The molecule has 1 amide bonds. The number of hydrogen-bond donors (Lipinski definition) is 1. The summed E-state index contributed by atoms with van der Waals surface area (Å²) in [6.07, 6.45) is 0.815. The number of fused-ring (bicyclic) bond motifs is 1. The number of carbonyl (C=O) groups is 1. The smallest absolute Gasteiger partial charge is 0.243 e. The van der Waals surface area contributed by atoms with E-state index in [1.54, 1.807) is 7.11 Å². The van der Waals surface area contributed by atoms with E-state index in [1.807, 2.05) is 18.2 Å². The van der Waals surface area contributed by atoms with Crippen molar-refractivity contribution < 1.29 is 22.3 Å². The first kappa shape index (κ1) is 20.7. The maximum Gasteiger partial charge on any atom is 0.243 e. The van der Waals surface area contributed by atoms with Gasteiger partial charge in [0, 0.05) is 19.0 Å². The summed E-state index contributed by atoms with van der Waals surface area (Å²) in [4.78, 5) is 17.1. The van der Waals surface area contributed by atoms with Crippen LogP contribution >= 0.6 is 11.3 Å². The van der Waals surface area contributed by atoms with Crippen LogP contribution in [0.1, 0.15) is 12.8 Å². The van der Waals surface area contributed by atoms with Crippen LogP contribution in [-0.2, 0) is 14.8 Å². The highest BCUT2D eigenvalue weighted by Crippen LogP contribution is 2.30. The molecule has 1 saturated heterocycles. The largest absolute Gasteiger partial charge is 0.497 e. The zero-order valence-electron chi connectivity index (χ0n) is 16.2. The van der Waals surface area contributed by atoms with Crippen molar-refractivity contribution in [2.75, 3.05) is 25.5 Å². The quantitative estimate of drug-likeness (QED) is 0.644. The van der Waals surface area contributed by atoms with Crippen molar-refractivity contribution in [3.05, 3.63) is 48.3 Å². The molecular formula is C20H20FN3O4S2. The molecule has 3 aromatic rings. The van der Waals surface area contributed by atoms with Gasteiger partial charge >= 0.3 is 0 Å². The number of rotatable bonds is 5. The van der Waals surface area contributed by atoms with Crippen LogP contribution < -0.4 is 10.1 Å². The summed E-state index contributed by atoms with van der Waals surface area (Å²) in [5.74, 6) is -0.234. The lowest BCUT2D eigenvalue weighted by molar-refractivity contribution is -0.120. The van der Waals surface area contributed by atoms with Gasteiger partial charge in [-0.3, -0.25) is 4.79 Å². The molecule has 0 saturated carbocycles. The molecule has 1 aliphatic rings. The summed E-state index contributed by atoms with van der Waals surface area (Å²) in [5.41, 5.74) is 0.774. The highest BCUT2D eigenvalue weighted by atomic mass is 32.2. The molecule has 1 aliphatic heterocycles. The molecule has 0 unspecified atom stereocenters. The molecule has 10 heteroatoms. The van der Waals surface area contributed by atoms with Crippen molar-refractivity contribution in [2.45, 2.75) is 17.7 Å². The number of piperidine rings is 1. The topological polar surface area (TPSA) is 88.6 Å². The minimum Gasteiger partial charge on any atom is -0.497 e. The third kappa shape index (κ3) is 4.16. The first-order valence-electron chi connectivity index (χ1n) is 9.38. The van der Waals surface area contributed by atoms with Crippen LogP contribution in [0.15, 0.2) is 47.4 Å². The Labute approximate surface area is 177 Å². The van der Waals surface area contributed by atoms with Gasteiger partial charge in [-0.25, -0.2) is 17.8 Å². The van der Waals surface area contributed by atoms with Crippen molar-refractivity contribution in [2.24, 2.45) is 5.92 Å². The van der Waals surface area contributed by atoms with Crippen LogP contribution in [0, 0.1) is 11.7 Å². The molecule has 4 rings (SSSR count). The molecule has 0 spiro atoms. The minimum atomic E-state index is -3.70. The van der Waals surface area contributed by atoms with Crippen LogP contribution in [0.2, 0.25) is 0 Å². The summed E-state index contributed by atoms with van der Waals surface area (Å²) in [6.45, 7) is 0.462. The molecule has 2 aromatic carbocycles. The second-order valence-electron chi connectivity index (χ2n) is 6.97. The van der Waals surface area contributed by atoms with E-state index in [1.165, 1.54) is 27.8 Å². The maximum atomic E-state index is 13.1. The number of thiazole rings is 1. The molecule has 2 heterocycles. The number of benzene rings is 2. The van der Waals surface area contributed by atoms with Crippen molar-refractivity contribution >= 4 is 42.6 Å². The fraction of sp³-hybridized carbons (Fsp3) is 0.300. The highest BCUT2D eigenvalue weighted by Gasteiger charge is 2.32. The zero-order chi connectivity index (χ0) is 21.3. The Kier molecular flexibility index (Phi) is 5.72. The second kappa shape index (κ2) is 8.29. The number of nitrogens with one attached hydrogen (secondary N) is 1. The third-order valence-corrected chi connectivity index (χ3v) is 7.95. The fourth-order valence-electron chi connectivity index (χ4n) is 3.41. The standard InChI is InChI=1S/C20H20FN3O4S2/c1-28-15-4-7-17-18(12-15)29-20(22-17)23-19(25)13-8-10-24(11-9-13)30(26,27)16-5-2-14(21)3-6-16/h2-7,12-13H,8-11H2,1H3,(H,22,23,25). The number of halogens is 1. The average Bonchev–Trinajstić information content (AvgIpc) is 3.15. The molecule has 1 aromatic heterocycles. The minimum absolute atomic E-state index is 0.0525. The van der Waals surface area contributed by atoms with E-state index < -0.39 is 15.8 Å². The number of carbonyl (C=O) groups excluding carboxylic acids is 1. The molecule has 30 heavy (non-hydrogen) atoms. The number of sulfonamides is 1. The fourth-order valence-corrected chi connectivity index (χ4v) is 5.77. The van der Waals surface area contributed by atoms with Crippen molar-refractivity contribution in [1.82, 2.24) is 9.29 Å². The molecular weight excluding hydrogens is 429 g/mol. The highest BCUT2D eigenvalue weighted by molar-refractivity contribution is 7.89. The Balaban J connectivity index is 1.39. The van der Waals surface area contributed by atoms with Gasteiger partial charge in [0.05, 0.1) is 22.2 Å². The number of hydrogen-bond acceptors (Lipinski definition) is 6. The molecule has 0 atom stereocenters. The first-order valence-corrected chi connectivity index (χ1v) is 11.6. The predicted octanol–water partition coefficient (Wildman–Crippen LogP) is 3.48. The van der Waals surface area contributed by atoms with Gasteiger partial charge < -0.3 is 10.1 Å². The monoisotopic (exact) mass is 449 g/mol. The van der Waals surface area contributed by atoms with Gasteiger partial charge in [0.25, 0.3) is 0 Å². The van der Waals surface area contributed by atoms with E-state index in [0.29, 0.717) is 18.0 Å². The molecule has 7 nitrogen and oxygen atoms in total. The van der Waals surface area contributed by atoms with Gasteiger partial charge in [0.1, 0.15) is 11.6 Å². The molecule has 0 radical (unpaired) electrons. The maximum absolute atomic E-state index is 13.1. The summed E-state index contributed by atoms with van der Waals surface area (Å²) in [7, 11) is -2.11. The van der Waals surface area contributed by atoms with Crippen molar-refractivity contribution in [1.29, 1.82) is 0 Å². The normalized spacial score (nSPS) is 15.9. The number of amides is 1. The molecule has 158 valence electrons. The Bertz CT molecular complexity index is 1170. The van der Waals surface area contributed by atoms with E-state index >= 15 is 0 Å². The van der Waals surface area contributed by atoms with Gasteiger partial charge in [-0.2, -0.15) is 4.31 Å². The van der Waals surface area contributed by atoms with Crippen LogP contribution in [-0.4, -0.2) is 43.8 Å². The van der Waals surface area contributed by atoms with Crippen molar-refractivity contribution in [3.63, 3.8) is 0 Å². The van der Waals surface area contributed by atoms with E-state index in [0.717, 1.165) is 28.1 Å². The Morgan fingerprint density at radius 2 is 1.90 bits per heavy atom. The molecule has 1 N–H and O–H groups in total. The van der Waals surface area contributed by atoms with Crippen LogP contribution in [0.3, 0.4) is 0 Å². The predicted molar refractivity (Wildman–Crippen MR) is 113 cm³/mol. The SMILES string of the molecule is COc1ccc2nc(NC(=O)C3CCN(S(=O)(=O)c4ccc(F)cc4)CC3)sc2c1. The Morgan fingerprint density at radius 3 is 2.57 bits per heavy atom. The number of methoxy groups -OCH3 is 1. The van der Waals surface area contributed by atoms with Crippen molar-refractivity contribution in [3.8, 4) is 5.75 Å². The zero-order valence-corrected chi connectivity index (χ0v) is 17.8. The molecule has 0 bridgehead atoms. The summed E-state index contributed by atoms with van der Waals surface area (Å²) in [6, 6.07) is 10.3. The number of anilines is 1. The van der Waals surface area contributed by atoms with Gasteiger partial charge in [0.15, 0.2) is 5.13 Å². The van der Waals surface area contributed by atoms with Crippen LogP contribution in [0.25, 0.3) is 10.2 Å². The van der Waals surface area contributed by atoms with Gasteiger partial charge in [-0.1, -0.05) is 11.3 Å². The lowest BCUT2D eigenvalue weighted by Crippen LogP contribution is -2.41. The number of nitrogens with zero attached hydrogens (tertiary/aromatic N) is 2. The van der Waals surface area contributed by atoms with Crippen LogP contribution in [0.5, 0.6) is 5.75 Å². The van der Waals surface area contributed by atoms with E-state index in [-0.39, 0.29) is 29.8 Å². The molecule has 0 aliphatic carbocycles.